The molecule has 0 aliphatic heterocycles. The van der Waals surface area contributed by atoms with Crippen molar-refractivity contribution in [1.29, 1.82) is 0 Å². The summed E-state index contributed by atoms with van der Waals surface area (Å²) in [4.78, 5) is 9.70. The number of anilines is 1. The van der Waals surface area contributed by atoms with Crippen molar-refractivity contribution in [3.8, 4) is 0 Å². The molecule has 18 heavy (non-hydrogen) atoms. The highest BCUT2D eigenvalue weighted by Crippen LogP contribution is 2.20. The van der Waals surface area contributed by atoms with E-state index >= 15 is 0 Å². The molecule has 0 saturated heterocycles. The van der Waals surface area contributed by atoms with Crippen LogP contribution in [0.2, 0.25) is 0 Å². The topological polar surface area (TPSA) is 101 Å². The molecule has 0 aromatic heterocycles. The minimum Gasteiger partial charge on any atom is -0.319 e. The normalized spacial score (nSPS) is 11.2. The van der Waals surface area contributed by atoms with Crippen molar-refractivity contribution in [1.82, 2.24) is 5.32 Å². The lowest BCUT2D eigenvalue weighted by atomic mass is 10.3. The van der Waals surface area contributed by atoms with Crippen LogP contribution in [0, 0.1) is 15.9 Å². The molecule has 0 bridgehead atoms. The number of nitro groups is 1. The molecule has 0 fully saturated rings. The molecule has 0 radical (unpaired) electrons. The summed E-state index contributed by atoms with van der Waals surface area (Å²) in [7, 11) is -2.07. The van der Waals surface area contributed by atoms with Crippen LogP contribution in [-0.4, -0.2) is 32.7 Å². The lowest BCUT2D eigenvalue weighted by molar-refractivity contribution is -0.385. The molecule has 100 valence electrons. The summed E-state index contributed by atoms with van der Waals surface area (Å²) in [5.74, 6) is -1.09. The van der Waals surface area contributed by atoms with E-state index in [0.29, 0.717) is 6.07 Å². The minimum absolute atomic E-state index is 0.169. The molecule has 2 N–H and O–H groups in total. The number of non-ortho nitro benzene ring substituents is 1. The SMILES string of the molecule is CNCCS(=O)(=O)Nc1cc(F)cc([N+](=O)[O-])c1. The van der Waals surface area contributed by atoms with Crippen molar-refractivity contribution in [3.63, 3.8) is 0 Å². The van der Waals surface area contributed by atoms with Gasteiger partial charge in [0.1, 0.15) is 5.82 Å². The second-order valence-corrected chi connectivity index (χ2v) is 5.32. The van der Waals surface area contributed by atoms with E-state index in [9.17, 15) is 22.9 Å². The van der Waals surface area contributed by atoms with Crippen LogP contribution in [0.15, 0.2) is 18.2 Å². The number of nitrogens with one attached hydrogen (secondary N) is 2. The van der Waals surface area contributed by atoms with Gasteiger partial charge in [0, 0.05) is 12.6 Å². The monoisotopic (exact) mass is 277 g/mol. The van der Waals surface area contributed by atoms with Crippen molar-refractivity contribution in [2.75, 3.05) is 24.1 Å². The first-order chi connectivity index (χ1) is 8.34. The van der Waals surface area contributed by atoms with E-state index in [1.165, 1.54) is 0 Å². The number of hydrogen-bond donors (Lipinski definition) is 2. The third-order valence-corrected chi connectivity index (χ3v) is 3.28. The largest absolute Gasteiger partial charge is 0.319 e. The van der Waals surface area contributed by atoms with Crippen molar-refractivity contribution in [3.05, 3.63) is 34.1 Å². The Balaban J connectivity index is 2.94. The molecule has 0 amide bonds. The first-order valence-electron chi connectivity index (χ1n) is 4.94. The van der Waals surface area contributed by atoms with Gasteiger partial charge in [-0.2, -0.15) is 0 Å². The van der Waals surface area contributed by atoms with Crippen molar-refractivity contribution >= 4 is 21.4 Å². The van der Waals surface area contributed by atoms with Gasteiger partial charge in [0.2, 0.25) is 10.0 Å². The van der Waals surface area contributed by atoms with Gasteiger partial charge in [-0.3, -0.25) is 14.8 Å². The Hall–Kier alpha value is -1.74. The molecule has 0 aliphatic carbocycles. The molecule has 0 heterocycles. The van der Waals surface area contributed by atoms with Crippen LogP contribution in [0.3, 0.4) is 0 Å². The first-order valence-corrected chi connectivity index (χ1v) is 6.59. The highest BCUT2D eigenvalue weighted by atomic mass is 32.2. The Labute approximate surface area is 103 Å². The maximum absolute atomic E-state index is 13.1. The van der Waals surface area contributed by atoms with E-state index in [1.54, 1.807) is 7.05 Å². The maximum Gasteiger partial charge on any atom is 0.274 e. The molecule has 1 rings (SSSR count). The molecule has 1 aromatic carbocycles. The van der Waals surface area contributed by atoms with Crippen LogP contribution < -0.4 is 10.0 Å². The van der Waals surface area contributed by atoms with E-state index in [2.05, 4.69) is 10.0 Å². The predicted octanol–water partition coefficient (Wildman–Crippen LogP) is 0.695. The van der Waals surface area contributed by atoms with E-state index in [4.69, 9.17) is 0 Å². The zero-order chi connectivity index (χ0) is 13.8. The van der Waals surface area contributed by atoms with Crippen LogP contribution in [-0.2, 0) is 10.0 Å². The fraction of sp³-hybridized carbons (Fsp3) is 0.333. The number of benzene rings is 1. The average Bonchev–Trinajstić information content (AvgIpc) is 2.25. The van der Waals surface area contributed by atoms with Crippen molar-refractivity contribution < 1.29 is 17.7 Å². The Morgan fingerprint density at radius 1 is 1.39 bits per heavy atom. The molecular weight excluding hydrogens is 265 g/mol. The summed E-state index contributed by atoms with van der Waals surface area (Å²) in [5.41, 5.74) is -0.681. The number of hydrogen-bond acceptors (Lipinski definition) is 5. The molecule has 0 saturated carbocycles. The predicted molar refractivity (Wildman–Crippen MR) is 64.4 cm³/mol. The van der Waals surface area contributed by atoms with Gasteiger partial charge in [0.15, 0.2) is 0 Å². The highest BCUT2D eigenvalue weighted by molar-refractivity contribution is 7.92. The van der Waals surface area contributed by atoms with Gasteiger partial charge < -0.3 is 5.32 Å². The van der Waals surface area contributed by atoms with Crippen molar-refractivity contribution in [2.45, 2.75) is 0 Å². The zero-order valence-electron chi connectivity index (χ0n) is 9.51. The van der Waals surface area contributed by atoms with E-state index in [0.717, 1.165) is 12.1 Å². The molecule has 1 aromatic rings. The molecular formula is C9H12FN3O4S. The number of nitrogens with zero attached hydrogens (tertiary/aromatic N) is 1. The smallest absolute Gasteiger partial charge is 0.274 e. The lowest BCUT2D eigenvalue weighted by Gasteiger charge is -2.07. The molecule has 0 aliphatic rings. The van der Waals surface area contributed by atoms with Crippen LogP contribution in [0.5, 0.6) is 0 Å². The molecule has 9 heteroatoms. The summed E-state index contributed by atoms with van der Waals surface area (Å²) < 4.78 is 38.2. The van der Waals surface area contributed by atoms with E-state index < -0.39 is 26.5 Å². The van der Waals surface area contributed by atoms with Gasteiger partial charge in [-0.15, -0.1) is 0 Å². The number of nitro benzene ring substituents is 1. The van der Waals surface area contributed by atoms with Gasteiger partial charge in [0.05, 0.1) is 22.4 Å². The Morgan fingerprint density at radius 2 is 2.06 bits per heavy atom. The van der Waals surface area contributed by atoms with Crippen LogP contribution in [0.4, 0.5) is 15.8 Å². The standard InChI is InChI=1S/C9H12FN3O4S/c1-11-2-3-18(16,17)12-8-4-7(10)5-9(6-8)13(14)15/h4-6,11-12H,2-3H2,1H3. The third-order valence-electron chi connectivity index (χ3n) is 1.99. The Kier molecular flexibility index (Phi) is 4.56. The Bertz CT molecular complexity index is 547. The van der Waals surface area contributed by atoms with Crippen LogP contribution in [0.1, 0.15) is 0 Å². The van der Waals surface area contributed by atoms with Gasteiger partial charge in [-0.1, -0.05) is 0 Å². The van der Waals surface area contributed by atoms with Crippen molar-refractivity contribution in [2.24, 2.45) is 0 Å². The molecule has 0 atom stereocenters. The zero-order valence-corrected chi connectivity index (χ0v) is 10.3. The van der Waals surface area contributed by atoms with Gasteiger partial charge in [0.25, 0.3) is 5.69 Å². The van der Waals surface area contributed by atoms with Gasteiger partial charge in [-0.25, -0.2) is 12.8 Å². The summed E-state index contributed by atoms with van der Waals surface area (Å²) >= 11 is 0. The van der Waals surface area contributed by atoms with Gasteiger partial charge >= 0.3 is 0 Å². The Morgan fingerprint density at radius 3 is 2.61 bits per heavy atom. The van der Waals surface area contributed by atoms with Crippen LogP contribution >= 0.6 is 0 Å². The number of halogens is 1. The first kappa shape index (κ1) is 14.3. The summed E-state index contributed by atoms with van der Waals surface area (Å²) in [6.45, 7) is 0.215. The molecule has 0 unspecified atom stereocenters. The molecule has 7 nitrogen and oxygen atoms in total. The fourth-order valence-electron chi connectivity index (χ4n) is 1.21. The lowest BCUT2D eigenvalue weighted by Crippen LogP contribution is -2.24. The van der Waals surface area contributed by atoms with E-state index in [1.807, 2.05) is 0 Å². The summed E-state index contributed by atoms with van der Waals surface area (Å²) in [6.07, 6.45) is 0. The second-order valence-electron chi connectivity index (χ2n) is 3.48. The fourth-order valence-corrected chi connectivity index (χ4v) is 2.26. The highest BCUT2D eigenvalue weighted by Gasteiger charge is 2.14. The summed E-state index contributed by atoms with van der Waals surface area (Å²) in [6, 6.07) is 2.55. The average molecular weight is 277 g/mol. The van der Waals surface area contributed by atoms with Gasteiger partial charge in [-0.05, 0) is 13.1 Å². The summed E-state index contributed by atoms with van der Waals surface area (Å²) in [5, 5.41) is 13.1. The maximum atomic E-state index is 13.1. The van der Waals surface area contributed by atoms with E-state index in [-0.39, 0.29) is 18.0 Å². The number of rotatable bonds is 6. The second kappa shape index (κ2) is 5.74. The third kappa shape index (κ3) is 4.26. The quantitative estimate of drug-likeness (QED) is 0.588. The van der Waals surface area contributed by atoms with Crippen LogP contribution in [0.25, 0.3) is 0 Å². The minimum atomic E-state index is -3.66. The molecule has 0 spiro atoms. The number of sulfonamides is 1.